The number of carbonyl (C=O) groups is 1. The number of rotatable bonds is 8. The molecule has 1 heterocycles. The van der Waals surface area contributed by atoms with Crippen molar-refractivity contribution >= 4 is 23.1 Å². The number of benzene rings is 3. The van der Waals surface area contributed by atoms with E-state index in [-0.39, 0.29) is 11.7 Å². The van der Waals surface area contributed by atoms with Crippen LogP contribution in [0.5, 0.6) is 0 Å². The number of carbonyl (C=O) groups excluding carboxylic acids is 1. The number of amides is 1. The zero-order valence-electron chi connectivity index (χ0n) is 18.4. The van der Waals surface area contributed by atoms with E-state index in [1.165, 1.54) is 17.7 Å². The minimum absolute atomic E-state index is 0.186. The monoisotopic (exact) mass is 440 g/mol. The average molecular weight is 441 g/mol. The summed E-state index contributed by atoms with van der Waals surface area (Å²) in [5.41, 5.74) is 4.00. The number of aryl methyl sites for hydroxylation is 1. The molecule has 0 atom stereocenters. The highest BCUT2D eigenvalue weighted by atomic mass is 19.1. The number of halogens is 1. The Bertz CT molecular complexity index is 1220. The SMILES string of the molecule is CCCCc1ccc(NC(=O)c2cccc(Nc3ccnc(-c4ccc(F)cc4)n3)c2)cc1. The molecule has 166 valence electrons. The van der Waals surface area contributed by atoms with Crippen molar-refractivity contribution in [2.24, 2.45) is 0 Å². The lowest BCUT2D eigenvalue weighted by Crippen LogP contribution is -2.12. The molecule has 0 saturated carbocycles. The Kier molecular flexibility index (Phi) is 7.05. The minimum Gasteiger partial charge on any atom is -0.340 e. The second kappa shape index (κ2) is 10.5. The van der Waals surface area contributed by atoms with Gasteiger partial charge in [-0.05, 0) is 79.1 Å². The van der Waals surface area contributed by atoms with E-state index in [1.54, 1.807) is 36.5 Å². The first kappa shape index (κ1) is 22.1. The van der Waals surface area contributed by atoms with E-state index in [0.717, 1.165) is 30.6 Å². The van der Waals surface area contributed by atoms with E-state index in [0.29, 0.717) is 22.8 Å². The van der Waals surface area contributed by atoms with Gasteiger partial charge in [-0.25, -0.2) is 14.4 Å². The van der Waals surface area contributed by atoms with Gasteiger partial charge in [0, 0.05) is 28.7 Å². The molecule has 0 aliphatic rings. The third kappa shape index (κ3) is 6.01. The van der Waals surface area contributed by atoms with E-state index in [1.807, 2.05) is 24.3 Å². The molecule has 33 heavy (non-hydrogen) atoms. The van der Waals surface area contributed by atoms with Crippen LogP contribution >= 0.6 is 0 Å². The van der Waals surface area contributed by atoms with E-state index in [4.69, 9.17) is 0 Å². The fraction of sp³-hybridized carbons (Fsp3) is 0.148. The number of nitrogens with one attached hydrogen (secondary N) is 2. The molecule has 4 aromatic rings. The average Bonchev–Trinajstić information content (AvgIpc) is 2.84. The molecule has 0 radical (unpaired) electrons. The third-order valence-electron chi connectivity index (χ3n) is 5.19. The van der Waals surface area contributed by atoms with Crippen LogP contribution in [0.3, 0.4) is 0 Å². The van der Waals surface area contributed by atoms with E-state index in [9.17, 15) is 9.18 Å². The third-order valence-corrected chi connectivity index (χ3v) is 5.19. The molecule has 3 aromatic carbocycles. The van der Waals surface area contributed by atoms with Gasteiger partial charge in [0.25, 0.3) is 5.91 Å². The van der Waals surface area contributed by atoms with E-state index < -0.39 is 0 Å². The van der Waals surface area contributed by atoms with Crippen molar-refractivity contribution in [3.8, 4) is 11.4 Å². The lowest BCUT2D eigenvalue weighted by molar-refractivity contribution is 0.102. The molecule has 0 aliphatic carbocycles. The molecule has 6 heteroatoms. The Hall–Kier alpha value is -4.06. The Balaban J connectivity index is 1.44. The van der Waals surface area contributed by atoms with Gasteiger partial charge < -0.3 is 10.6 Å². The van der Waals surface area contributed by atoms with Crippen LogP contribution in [0.4, 0.5) is 21.6 Å². The highest BCUT2D eigenvalue weighted by Crippen LogP contribution is 2.21. The van der Waals surface area contributed by atoms with Crippen molar-refractivity contribution in [3.05, 3.63) is 102 Å². The summed E-state index contributed by atoms with van der Waals surface area (Å²) in [5, 5.41) is 6.15. The molecule has 0 saturated heterocycles. The largest absolute Gasteiger partial charge is 0.340 e. The van der Waals surface area contributed by atoms with Crippen LogP contribution in [-0.2, 0) is 6.42 Å². The van der Waals surface area contributed by atoms with Crippen LogP contribution in [0.2, 0.25) is 0 Å². The van der Waals surface area contributed by atoms with Crippen LogP contribution < -0.4 is 10.6 Å². The van der Waals surface area contributed by atoms with Crippen molar-refractivity contribution in [1.82, 2.24) is 9.97 Å². The van der Waals surface area contributed by atoms with Crippen LogP contribution in [0.1, 0.15) is 35.7 Å². The van der Waals surface area contributed by atoms with Gasteiger partial charge in [-0.2, -0.15) is 0 Å². The molecule has 0 fully saturated rings. The number of unbranched alkanes of at least 4 members (excludes halogenated alkanes) is 1. The molecular weight excluding hydrogens is 415 g/mol. The lowest BCUT2D eigenvalue weighted by atomic mass is 10.1. The first-order valence-corrected chi connectivity index (χ1v) is 11.0. The predicted octanol–water partition coefficient (Wildman–Crippen LogP) is 6.62. The molecule has 4 rings (SSSR count). The maximum absolute atomic E-state index is 13.2. The fourth-order valence-corrected chi connectivity index (χ4v) is 3.39. The first-order valence-electron chi connectivity index (χ1n) is 11.0. The van der Waals surface area contributed by atoms with Crippen LogP contribution in [0.15, 0.2) is 85.1 Å². The van der Waals surface area contributed by atoms with Gasteiger partial charge in [0.2, 0.25) is 0 Å². The molecule has 0 spiro atoms. The number of nitrogens with zero attached hydrogens (tertiary/aromatic N) is 2. The summed E-state index contributed by atoms with van der Waals surface area (Å²) < 4.78 is 13.2. The maximum Gasteiger partial charge on any atom is 0.255 e. The summed E-state index contributed by atoms with van der Waals surface area (Å²) in [6.45, 7) is 2.17. The van der Waals surface area contributed by atoms with Crippen LogP contribution in [-0.4, -0.2) is 15.9 Å². The Labute approximate surface area is 192 Å². The van der Waals surface area contributed by atoms with Crippen LogP contribution in [0.25, 0.3) is 11.4 Å². The minimum atomic E-state index is -0.310. The molecule has 2 N–H and O–H groups in total. The molecule has 1 amide bonds. The normalized spacial score (nSPS) is 10.6. The highest BCUT2D eigenvalue weighted by Gasteiger charge is 2.09. The van der Waals surface area contributed by atoms with Gasteiger partial charge in [-0.15, -0.1) is 0 Å². The molecule has 0 unspecified atom stereocenters. The predicted molar refractivity (Wildman–Crippen MR) is 130 cm³/mol. The summed E-state index contributed by atoms with van der Waals surface area (Å²) in [5.74, 6) is 0.561. The number of hydrogen-bond donors (Lipinski definition) is 2. The summed E-state index contributed by atoms with van der Waals surface area (Å²) in [6.07, 6.45) is 4.99. The van der Waals surface area contributed by atoms with Gasteiger partial charge in [-0.3, -0.25) is 4.79 Å². The van der Waals surface area contributed by atoms with Gasteiger partial charge in [0.15, 0.2) is 5.82 Å². The summed E-state index contributed by atoms with van der Waals surface area (Å²) in [4.78, 5) is 21.5. The Morgan fingerprint density at radius 1 is 0.939 bits per heavy atom. The second-order valence-electron chi connectivity index (χ2n) is 7.73. The summed E-state index contributed by atoms with van der Waals surface area (Å²) in [7, 11) is 0. The van der Waals surface area contributed by atoms with Gasteiger partial charge in [-0.1, -0.05) is 31.5 Å². The van der Waals surface area contributed by atoms with Crippen molar-refractivity contribution < 1.29 is 9.18 Å². The molecule has 0 aliphatic heterocycles. The van der Waals surface area contributed by atoms with Crippen molar-refractivity contribution in [3.63, 3.8) is 0 Å². The van der Waals surface area contributed by atoms with Crippen LogP contribution in [0, 0.1) is 5.82 Å². The number of anilines is 3. The molecular formula is C27H25FN4O. The highest BCUT2D eigenvalue weighted by molar-refractivity contribution is 6.04. The van der Waals surface area contributed by atoms with Crippen molar-refractivity contribution in [1.29, 1.82) is 0 Å². The zero-order valence-corrected chi connectivity index (χ0v) is 18.4. The lowest BCUT2D eigenvalue weighted by Gasteiger charge is -2.10. The topological polar surface area (TPSA) is 66.9 Å². The Morgan fingerprint density at radius 3 is 2.48 bits per heavy atom. The zero-order chi connectivity index (χ0) is 23.0. The van der Waals surface area contributed by atoms with Crippen molar-refractivity contribution in [2.45, 2.75) is 26.2 Å². The summed E-state index contributed by atoms with van der Waals surface area (Å²) >= 11 is 0. The maximum atomic E-state index is 13.2. The van der Waals surface area contributed by atoms with Crippen molar-refractivity contribution in [2.75, 3.05) is 10.6 Å². The van der Waals surface area contributed by atoms with Gasteiger partial charge in [0.1, 0.15) is 11.6 Å². The molecule has 0 bridgehead atoms. The Morgan fingerprint density at radius 2 is 1.73 bits per heavy atom. The summed E-state index contributed by atoms with van der Waals surface area (Å²) in [6, 6.07) is 22.9. The molecule has 5 nitrogen and oxygen atoms in total. The fourth-order valence-electron chi connectivity index (χ4n) is 3.39. The van der Waals surface area contributed by atoms with Gasteiger partial charge in [0.05, 0.1) is 0 Å². The smallest absolute Gasteiger partial charge is 0.255 e. The number of hydrogen-bond acceptors (Lipinski definition) is 4. The number of aromatic nitrogens is 2. The second-order valence-corrected chi connectivity index (χ2v) is 7.73. The van der Waals surface area contributed by atoms with E-state index in [2.05, 4.69) is 39.7 Å². The standard InChI is InChI=1S/C27H25FN4O/c1-2-3-5-19-8-14-23(15-9-19)31-27(33)21-6-4-7-24(18-21)30-25-16-17-29-26(32-25)20-10-12-22(28)13-11-20/h4,6-18H,2-3,5H2,1H3,(H,31,33)(H,29,30,32). The van der Waals surface area contributed by atoms with E-state index >= 15 is 0 Å². The molecule has 1 aromatic heterocycles. The quantitative estimate of drug-likeness (QED) is 0.323. The first-order chi connectivity index (χ1) is 16.1. The van der Waals surface area contributed by atoms with Gasteiger partial charge >= 0.3 is 0 Å².